The molecule has 1 amide bonds. The summed E-state index contributed by atoms with van der Waals surface area (Å²) >= 11 is 0. The van der Waals surface area contributed by atoms with Crippen molar-refractivity contribution in [1.82, 2.24) is 0 Å². The minimum atomic E-state index is -0.445. The van der Waals surface area contributed by atoms with Crippen LogP contribution in [0.4, 0.5) is 5.69 Å². The minimum Gasteiger partial charge on any atom is -0.496 e. The Balaban J connectivity index is 2.03. The number of hydrogen-bond donors (Lipinski definition) is 1. The van der Waals surface area contributed by atoms with Crippen LogP contribution in [0.25, 0.3) is 16.8 Å². The van der Waals surface area contributed by atoms with Crippen LogP contribution in [-0.4, -0.2) is 13.0 Å². The fourth-order valence-electron chi connectivity index (χ4n) is 3.04. The number of carbonyl (C=O) groups is 1. The van der Waals surface area contributed by atoms with E-state index in [9.17, 15) is 10.1 Å². The molecule has 4 nitrogen and oxygen atoms in total. The number of nitrogens with zero attached hydrogens (tertiary/aromatic N) is 1. The molecule has 0 saturated heterocycles. The maximum absolute atomic E-state index is 12.7. The Hall–Kier alpha value is -3.58. The zero-order valence-corrected chi connectivity index (χ0v) is 15.5. The summed E-state index contributed by atoms with van der Waals surface area (Å²) in [6.07, 6.45) is 1.58. The highest BCUT2D eigenvalue weighted by Crippen LogP contribution is 2.30. The number of fused-ring (bicyclic) bond motifs is 1. The van der Waals surface area contributed by atoms with Gasteiger partial charge in [-0.3, -0.25) is 4.79 Å². The number of nitriles is 1. The number of methoxy groups -OCH3 is 1. The van der Waals surface area contributed by atoms with Gasteiger partial charge in [0.25, 0.3) is 5.91 Å². The van der Waals surface area contributed by atoms with E-state index < -0.39 is 5.91 Å². The van der Waals surface area contributed by atoms with Crippen molar-refractivity contribution in [2.24, 2.45) is 0 Å². The number of hydrogen-bond acceptors (Lipinski definition) is 3. The molecule has 0 radical (unpaired) electrons. The molecule has 1 N–H and O–H groups in total. The lowest BCUT2D eigenvalue weighted by Gasteiger charge is -2.11. The summed E-state index contributed by atoms with van der Waals surface area (Å²) in [6.45, 7) is 3.91. The molecule has 3 aromatic rings. The van der Waals surface area contributed by atoms with E-state index in [4.69, 9.17) is 4.74 Å². The maximum Gasteiger partial charge on any atom is 0.266 e. The molecule has 0 spiro atoms. The first-order valence-electron chi connectivity index (χ1n) is 8.59. The lowest BCUT2D eigenvalue weighted by Crippen LogP contribution is -2.14. The predicted molar refractivity (Wildman–Crippen MR) is 109 cm³/mol. The fraction of sp³-hybridized carbons (Fsp3) is 0.130. The van der Waals surface area contributed by atoms with E-state index in [0.717, 1.165) is 21.9 Å². The highest BCUT2D eigenvalue weighted by molar-refractivity contribution is 6.11. The summed E-state index contributed by atoms with van der Waals surface area (Å²) in [4.78, 5) is 12.7. The lowest BCUT2D eigenvalue weighted by atomic mass is 10.0. The standard InChI is InChI=1S/C23H20N2O2/c1-15-8-10-21(16(2)12-15)25-23(26)18(14-24)13-20-19-7-5-4-6-17(19)9-11-22(20)27-3/h4-13H,1-3H3,(H,25,26)/b18-13+. The van der Waals surface area contributed by atoms with Crippen LogP contribution in [0.1, 0.15) is 16.7 Å². The van der Waals surface area contributed by atoms with Gasteiger partial charge < -0.3 is 10.1 Å². The Labute approximate surface area is 158 Å². The van der Waals surface area contributed by atoms with E-state index in [2.05, 4.69) is 5.32 Å². The second kappa shape index (κ2) is 7.76. The van der Waals surface area contributed by atoms with E-state index >= 15 is 0 Å². The number of amides is 1. The van der Waals surface area contributed by atoms with Gasteiger partial charge in [-0.05, 0) is 48.4 Å². The zero-order chi connectivity index (χ0) is 19.4. The molecule has 0 aliphatic carbocycles. The smallest absolute Gasteiger partial charge is 0.266 e. The number of carbonyl (C=O) groups excluding carboxylic acids is 1. The van der Waals surface area contributed by atoms with Gasteiger partial charge in [0.2, 0.25) is 0 Å². The van der Waals surface area contributed by atoms with Crippen molar-refractivity contribution in [2.45, 2.75) is 13.8 Å². The van der Waals surface area contributed by atoms with E-state index in [1.54, 1.807) is 13.2 Å². The fourth-order valence-corrected chi connectivity index (χ4v) is 3.04. The van der Waals surface area contributed by atoms with Gasteiger partial charge in [0.15, 0.2) is 0 Å². The molecule has 0 atom stereocenters. The molecule has 0 bridgehead atoms. The summed E-state index contributed by atoms with van der Waals surface area (Å²) in [5.41, 5.74) is 3.48. The van der Waals surface area contributed by atoms with Crippen LogP contribution < -0.4 is 10.1 Å². The van der Waals surface area contributed by atoms with Crippen molar-refractivity contribution in [1.29, 1.82) is 5.26 Å². The molecular formula is C23H20N2O2. The highest BCUT2D eigenvalue weighted by atomic mass is 16.5. The molecule has 0 unspecified atom stereocenters. The van der Waals surface area contributed by atoms with E-state index in [1.165, 1.54) is 0 Å². The van der Waals surface area contributed by atoms with Gasteiger partial charge in [0, 0.05) is 11.3 Å². The third-order valence-corrected chi connectivity index (χ3v) is 4.43. The molecule has 0 heterocycles. The largest absolute Gasteiger partial charge is 0.496 e. The molecule has 4 heteroatoms. The molecule has 0 aromatic heterocycles. The summed E-state index contributed by atoms with van der Waals surface area (Å²) in [5, 5.41) is 14.3. The van der Waals surface area contributed by atoms with Gasteiger partial charge in [-0.2, -0.15) is 5.26 Å². The number of rotatable bonds is 4. The van der Waals surface area contributed by atoms with Crippen molar-refractivity contribution in [2.75, 3.05) is 12.4 Å². The zero-order valence-electron chi connectivity index (χ0n) is 15.5. The van der Waals surface area contributed by atoms with Crippen LogP contribution in [-0.2, 0) is 4.79 Å². The first kappa shape index (κ1) is 18.2. The molecule has 0 aliphatic rings. The van der Waals surface area contributed by atoms with Crippen molar-refractivity contribution in [3.05, 3.63) is 76.9 Å². The minimum absolute atomic E-state index is 0.0182. The van der Waals surface area contributed by atoms with Gasteiger partial charge in [-0.25, -0.2) is 0 Å². The Bertz CT molecular complexity index is 1090. The topological polar surface area (TPSA) is 62.1 Å². The summed E-state index contributed by atoms with van der Waals surface area (Å²) < 4.78 is 5.44. The van der Waals surface area contributed by atoms with Crippen molar-refractivity contribution in [3.8, 4) is 11.8 Å². The molecule has 3 aromatic carbocycles. The Morgan fingerprint density at radius 2 is 1.89 bits per heavy atom. The van der Waals surface area contributed by atoms with Gasteiger partial charge in [-0.15, -0.1) is 0 Å². The SMILES string of the molecule is COc1ccc2ccccc2c1/C=C(\C#N)C(=O)Nc1ccc(C)cc1C. The van der Waals surface area contributed by atoms with Gasteiger partial charge in [0.1, 0.15) is 17.4 Å². The third kappa shape index (κ3) is 3.83. The van der Waals surface area contributed by atoms with Gasteiger partial charge >= 0.3 is 0 Å². The Morgan fingerprint density at radius 3 is 2.59 bits per heavy atom. The van der Waals surface area contributed by atoms with E-state index in [1.807, 2.05) is 74.5 Å². The first-order chi connectivity index (χ1) is 13.0. The number of nitrogens with one attached hydrogen (secondary N) is 1. The first-order valence-corrected chi connectivity index (χ1v) is 8.59. The predicted octanol–water partition coefficient (Wildman–Crippen LogP) is 5.01. The molecule has 0 aliphatic heterocycles. The maximum atomic E-state index is 12.7. The van der Waals surface area contributed by atoms with Crippen LogP contribution in [0.2, 0.25) is 0 Å². The van der Waals surface area contributed by atoms with E-state index in [-0.39, 0.29) is 5.57 Å². The number of ether oxygens (including phenoxy) is 1. The normalized spacial score (nSPS) is 11.1. The van der Waals surface area contributed by atoms with Crippen LogP contribution in [0, 0.1) is 25.2 Å². The molecule has 0 saturated carbocycles. The highest BCUT2D eigenvalue weighted by Gasteiger charge is 2.14. The Kier molecular flexibility index (Phi) is 5.23. The van der Waals surface area contributed by atoms with Crippen LogP contribution >= 0.6 is 0 Å². The lowest BCUT2D eigenvalue weighted by molar-refractivity contribution is -0.112. The van der Waals surface area contributed by atoms with Crippen LogP contribution in [0.5, 0.6) is 5.75 Å². The number of anilines is 1. The third-order valence-electron chi connectivity index (χ3n) is 4.43. The second-order valence-electron chi connectivity index (χ2n) is 6.34. The van der Waals surface area contributed by atoms with Crippen molar-refractivity contribution in [3.63, 3.8) is 0 Å². The quantitative estimate of drug-likeness (QED) is 0.528. The average Bonchev–Trinajstić information content (AvgIpc) is 2.67. The summed E-state index contributed by atoms with van der Waals surface area (Å²) in [5.74, 6) is 0.167. The number of aryl methyl sites for hydroxylation is 2. The monoisotopic (exact) mass is 356 g/mol. The molecule has 134 valence electrons. The molecule has 3 rings (SSSR count). The molecule has 27 heavy (non-hydrogen) atoms. The summed E-state index contributed by atoms with van der Waals surface area (Å²) in [7, 11) is 1.57. The van der Waals surface area contributed by atoms with Crippen LogP contribution in [0.3, 0.4) is 0 Å². The molecule has 0 fully saturated rings. The van der Waals surface area contributed by atoms with Crippen LogP contribution in [0.15, 0.2) is 60.2 Å². The molecular weight excluding hydrogens is 336 g/mol. The second-order valence-corrected chi connectivity index (χ2v) is 6.34. The van der Waals surface area contributed by atoms with E-state index in [0.29, 0.717) is 17.0 Å². The van der Waals surface area contributed by atoms with Crippen molar-refractivity contribution < 1.29 is 9.53 Å². The van der Waals surface area contributed by atoms with Gasteiger partial charge in [-0.1, -0.05) is 48.0 Å². The average molecular weight is 356 g/mol. The number of benzene rings is 3. The Morgan fingerprint density at radius 1 is 1.11 bits per heavy atom. The van der Waals surface area contributed by atoms with Crippen molar-refractivity contribution >= 4 is 28.4 Å². The van der Waals surface area contributed by atoms with Gasteiger partial charge in [0.05, 0.1) is 7.11 Å². The summed E-state index contributed by atoms with van der Waals surface area (Å²) in [6, 6.07) is 19.3.